The lowest BCUT2D eigenvalue weighted by Gasteiger charge is -2.12. The van der Waals surface area contributed by atoms with Crippen molar-refractivity contribution < 1.29 is 18.3 Å². The van der Waals surface area contributed by atoms with Crippen molar-refractivity contribution in [2.45, 2.75) is 6.61 Å². The highest BCUT2D eigenvalue weighted by Crippen LogP contribution is 2.25. The average Bonchev–Trinajstić information content (AvgIpc) is 2.46. The number of para-hydroxylation sites is 1. The Morgan fingerprint density at radius 1 is 1.19 bits per heavy atom. The molecule has 2 rings (SSSR count). The first-order chi connectivity index (χ1) is 10.0. The molecule has 0 amide bonds. The zero-order valence-corrected chi connectivity index (χ0v) is 11.3. The molecule has 0 atom stereocenters. The molecule has 2 aromatic rings. The van der Waals surface area contributed by atoms with Crippen LogP contribution in [-0.4, -0.2) is 12.9 Å². The van der Waals surface area contributed by atoms with Crippen LogP contribution in [-0.2, 0) is 6.61 Å². The van der Waals surface area contributed by atoms with Crippen molar-refractivity contribution in [2.75, 3.05) is 7.11 Å². The normalized spacial score (nSPS) is 10.2. The predicted molar refractivity (Wildman–Crippen MR) is 74.7 cm³/mol. The maximum Gasteiger partial charge on any atom is 0.191 e. The van der Waals surface area contributed by atoms with E-state index in [9.17, 15) is 8.78 Å². The van der Waals surface area contributed by atoms with Crippen molar-refractivity contribution in [2.24, 2.45) is 5.73 Å². The summed E-state index contributed by atoms with van der Waals surface area (Å²) in [4.78, 5) is 0. The molecule has 0 bridgehead atoms. The lowest BCUT2D eigenvalue weighted by molar-refractivity contribution is 0.268. The molecular formula is C15H14F2N2O2. The fraction of sp³-hybridized carbons (Fsp3) is 0.133. The molecule has 2 aromatic carbocycles. The lowest BCUT2D eigenvalue weighted by atomic mass is 10.1. The molecule has 0 aliphatic carbocycles. The minimum absolute atomic E-state index is 0.109. The van der Waals surface area contributed by atoms with Crippen LogP contribution >= 0.6 is 0 Å². The smallest absolute Gasteiger partial charge is 0.191 e. The number of amidine groups is 1. The third kappa shape index (κ3) is 3.28. The van der Waals surface area contributed by atoms with Gasteiger partial charge in [0.1, 0.15) is 18.2 Å². The first-order valence-electron chi connectivity index (χ1n) is 6.11. The highest BCUT2D eigenvalue weighted by molar-refractivity contribution is 5.95. The summed E-state index contributed by atoms with van der Waals surface area (Å²) in [7, 11) is 1.47. The summed E-state index contributed by atoms with van der Waals surface area (Å²) in [6, 6.07) is 8.30. The number of hydrogen-bond acceptors (Lipinski definition) is 3. The van der Waals surface area contributed by atoms with Crippen molar-refractivity contribution in [3.8, 4) is 11.5 Å². The summed E-state index contributed by atoms with van der Waals surface area (Å²) in [6.07, 6.45) is 0. The number of benzene rings is 2. The van der Waals surface area contributed by atoms with Crippen LogP contribution in [0.1, 0.15) is 11.1 Å². The van der Waals surface area contributed by atoms with Crippen molar-refractivity contribution >= 4 is 5.84 Å². The molecule has 0 aromatic heterocycles. The zero-order valence-electron chi connectivity index (χ0n) is 11.3. The van der Waals surface area contributed by atoms with Gasteiger partial charge in [0.15, 0.2) is 17.4 Å². The number of nitrogens with one attached hydrogen (secondary N) is 1. The maximum absolute atomic E-state index is 13.5. The number of ether oxygens (including phenoxy) is 2. The summed E-state index contributed by atoms with van der Waals surface area (Å²) < 4.78 is 37.3. The molecular weight excluding hydrogens is 278 g/mol. The SMILES string of the molecule is COc1ccc(C(=N)N)cc1COc1c(F)cccc1F. The first kappa shape index (κ1) is 14.8. The van der Waals surface area contributed by atoms with Gasteiger partial charge in [0.25, 0.3) is 0 Å². The van der Waals surface area contributed by atoms with Crippen LogP contribution in [0.25, 0.3) is 0 Å². The molecule has 0 fully saturated rings. The van der Waals surface area contributed by atoms with Gasteiger partial charge in [-0.2, -0.15) is 0 Å². The van der Waals surface area contributed by atoms with Gasteiger partial charge >= 0.3 is 0 Å². The second-order valence-electron chi connectivity index (χ2n) is 4.28. The standard InChI is InChI=1S/C15H14F2N2O2/c1-20-13-6-5-9(15(18)19)7-10(13)8-21-14-11(16)3-2-4-12(14)17/h2-7H,8H2,1H3,(H3,18,19). The Morgan fingerprint density at radius 3 is 2.43 bits per heavy atom. The number of rotatable bonds is 5. The van der Waals surface area contributed by atoms with Gasteiger partial charge in [-0.25, -0.2) is 8.78 Å². The molecule has 4 nitrogen and oxygen atoms in total. The van der Waals surface area contributed by atoms with E-state index < -0.39 is 17.4 Å². The van der Waals surface area contributed by atoms with Gasteiger partial charge in [0.05, 0.1) is 7.11 Å². The van der Waals surface area contributed by atoms with Gasteiger partial charge in [-0.1, -0.05) is 6.07 Å². The molecule has 0 spiro atoms. The molecule has 0 saturated carbocycles. The van der Waals surface area contributed by atoms with Crippen molar-refractivity contribution in [3.63, 3.8) is 0 Å². The van der Waals surface area contributed by atoms with E-state index in [1.165, 1.54) is 13.2 Å². The average molecular weight is 292 g/mol. The molecule has 0 unspecified atom stereocenters. The van der Waals surface area contributed by atoms with Crippen LogP contribution in [0.15, 0.2) is 36.4 Å². The molecule has 6 heteroatoms. The third-order valence-corrected chi connectivity index (χ3v) is 2.88. The quantitative estimate of drug-likeness (QED) is 0.657. The topological polar surface area (TPSA) is 68.3 Å². The van der Waals surface area contributed by atoms with Gasteiger partial charge in [0, 0.05) is 11.1 Å². The van der Waals surface area contributed by atoms with E-state index in [2.05, 4.69) is 0 Å². The molecule has 0 radical (unpaired) electrons. The van der Waals surface area contributed by atoms with Gasteiger partial charge in [-0.15, -0.1) is 0 Å². The number of nitrogen functional groups attached to an aromatic ring is 1. The lowest BCUT2D eigenvalue weighted by Crippen LogP contribution is -2.12. The van der Waals surface area contributed by atoms with Crippen LogP contribution in [0.3, 0.4) is 0 Å². The van der Waals surface area contributed by atoms with Gasteiger partial charge in [-0.05, 0) is 30.3 Å². The van der Waals surface area contributed by atoms with Crippen LogP contribution < -0.4 is 15.2 Å². The number of hydrogen-bond donors (Lipinski definition) is 2. The Morgan fingerprint density at radius 2 is 1.86 bits per heavy atom. The highest BCUT2D eigenvalue weighted by Gasteiger charge is 2.12. The van der Waals surface area contributed by atoms with Gasteiger partial charge in [0.2, 0.25) is 0 Å². The highest BCUT2D eigenvalue weighted by atomic mass is 19.1. The fourth-order valence-corrected chi connectivity index (χ4v) is 1.83. The number of nitrogens with two attached hydrogens (primary N) is 1. The van der Waals surface area contributed by atoms with E-state index >= 15 is 0 Å². The minimum atomic E-state index is -0.781. The largest absolute Gasteiger partial charge is 0.496 e. The Labute approximate surface area is 120 Å². The van der Waals surface area contributed by atoms with Gasteiger partial charge < -0.3 is 15.2 Å². The van der Waals surface area contributed by atoms with E-state index in [4.69, 9.17) is 20.6 Å². The maximum atomic E-state index is 13.5. The first-order valence-corrected chi connectivity index (χ1v) is 6.11. The predicted octanol–water partition coefficient (Wildman–Crippen LogP) is 2.84. The minimum Gasteiger partial charge on any atom is -0.496 e. The molecule has 3 N–H and O–H groups in total. The second kappa shape index (κ2) is 6.21. The monoisotopic (exact) mass is 292 g/mol. The Hall–Kier alpha value is -2.63. The van der Waals surface area contributed by atoms with Crippen LogP contribution in [0.5, 0.6) is 11.5 Å². The molecule has 110 valence electrons. The Balaban J connectivity index is 2.26. The summed E-state index contributed by atoms with van der Waals surface area (Å²) in [5.74, 6) is -1.64. The summed E-state index contributed by atoms with van der Waals surface area (Å²) in [5, 5.41) is 7.40. The zero-order chi connectivity index (χ0) is 15.4. The third-order valence-electron chi connectivity index (χ3n) is 2.88. The van der Waals surface area contributed by atoms with E-state index in [1.807, 2.05) is 0 Å². The number of methoxy groups -OCH3 is 1. The van der Waals surface area contributed by atoms with Crippen LogP contribution in [0, 0.1) is 17.0 Å². The van der Waals surface area contributed by atoms with Gasteiger partial charge in [-0.3, -0.25) is 5.41 Å². The van der Waals surface area contributed by atoms with E-state index in [1.54, 1.807) is 18.2 Å². The fourth-order valence-electron chi connectivity index (χ4n) is 1.83. The van der Waals surface area contributed by atoms with E-state index in [-0.39, 0.29) is 12.4 Å². The summed E-state index contributed by atoms with van der Waals surface area (Å²) in [5.41, 5.74) is 6.42. The Bertz CT molecular complexity index is 654. The Kier molecular flexibility index (Phi) is 4.37. The molecule has 0 saturated heterocycles. The van der Waals surface area contributed by atoms with Crippen molar-refractivity contribution in [3.05, 3.63) is 59.2 Å². The second-order valence-corrected chi connectivity index (χ2v) is 4.28. The van der Waals surface area contributed by atoms with Crippen LogP contribution in [0.2, 0.25) is 0 Å². The van der Waals surface area contributed by atoms with E-state index in [0.717, 1.165) is 12.1 Å². The molecule has 0 aliphatic rings. The summed E-state index contributed by atoms with van der Waals surface area (Å²) in [6.45, 7) is -0.109. The molecule has 0 heterocycles. The molecule has 0 aliphatic heterocycles. The number of halogens is 2. The van der Waals surface area contributed by atoms with E-state index in [0.29, 0.717) is 16.9 Å². The van der Waals surface area contributed by atoms with Crippen LogP contribution in [0.4, 0.5) is 8.78 Å². The molecule has 21 heavy (non-hydrogen) atoms. The van der Waals surface area contributed by atoms with Crippen molar-refractivity contribution in [1.82, 2.24) is 0 Å². The van der Waals surface area contributed by atoms with Crippen molar-refractivity contribution in [1.29, 1.82) is 5.41 Å². The summed E-state index contributed by atoms with van der Waals surface area (Å²) >= 11 is 0.